The highest BCUT2D eigenvalue weighted by Crippen LogP contribution is 2.53. The Morgan fingerprint density at radius 3 is 2.17 bits per heavy atom. The van der Waals surface area contributed by atoms with Gasteiger partial charge in [0.1, 0.15) is 0 Å². The zero-order valence-corrected chi connectivity index (χ0v) is 10.0. The van der Waals surface area contributed by atoms with E-state index in [9.17, 15) is 13.2 Å². The van der Waals surface area contributed by atoms with Crippen LogP contribution in [0.15, 0.2) is 30.3 Å². The predicted octanol–water partition coefficient (Wildman–Crippen LogP) is 4.97. The first-order valence-electron chi connectivity index (χ1n) is 5.72. The molecule has 0 aromatic heterocycles. The largest absolute Gasteiger partial charge is 0.417 e. The van der Waals surface area contributed by atoms with Crippen LogP contribution in [0.1, 0.15) is 16.7 Å². The number of fused-ring (bicyclic) bond motifs is 4. The lowest BCUT2D eigenvalue weighted by Crippen LogP contribution is -2.14. The van der Waals surface area contributed by atoms with Gasteiger partial charge in [-0.1, -0.05) is 35.9 Å². The van der Waals surface area contributed by atoms with Crippen LogP contribution in [0.25, 0.3) is 22.3 Å². The first-order valence-corrected chi connectivity index (χ1v) is 5.72. The van der Waals surface area contributed by atoms with Crippen LogP contribution < -0.4 is 0 Å². The maximum Gasteiger partial charge on any atom is 0.417 e. The second kappa shape index (κ2) is 3.37. The van der Waals surface area contributed by atoms with Crippen LogP contribution in [0.4, 0.5) is 13.2 Å². The number of alkyl halides is 3. The summed E-state index contributed by atoms with van der Waals surface area (Å²) in [5.74, 6) is 0. The van der Waals surface area contributed by atoms with Gasteiger partial charge in [-0.05, 0) is 36.1 Å². The molecule has 0 bridgehead atoms. The van der Waals surface area contributed by atoms with Crippen molar-refractivity contribution in [1.82, 2.24) is 0 Å². The standard InChI is InChI=1S/C15H11F3/c1-8-3-5-10-12(7-8)11-6-4-9(2)14(13(10)11)15(16,17)18/h3-7H,1-2H3. The first-order chi connectivity index (χ1) is 8.39. The van der Waals surface area contributed by atoms with Crippen molar-refractivity contribution in [2.45, 2.75) is 20.0 Å². The normalized spacial score (nSPS) is 12.7. The summed E-state index contributed by atoms with van der Waals surface area (Å²) in [5.41, 5.74) is 3.57. The van der Waals surface area contributed by atoms with Gasteiger partial charge < -0.3 is 0 Å². The first kappa shape index (κ1) is 11.3. The molecule has 0 aliphatic heterocycles. The monoisotopic (exact) mass is 248 g/mol. The van der Waals surface area contributed by atoms with Gasteiger partial charge in [0, 0.05) is 5.56 Å². The Kier molecular flexibility index (Phi) is 2.12. The average Bonchev–Trinajstić information content (AvgIpc) is 2.25. The number of rotatable bonds is 0. The molecule has 92 valence electrons. The smallest absolute Gasteiger partial charge is 0.166 e. The van der Waals surface area contributed by atoms with E-state index in [2.05, 4.69) is 0 Å². The minimum absolute atomic E-state index is 0.285. The summed E-state index contributed by atoms with van der Waals surface area (Å²) in [6, 6.07) is 8.90. The second-order valence-corrected chi connectivity index (χ2v) is 4.73. The molecule has 3 rings (SSSR count). The maximum atomic E-state index is 13.1. The van der Waals surface area contributed by atoms with Gasteiger partial charge >= 0.3 is 6.18 Å². The lowest BCUT2D eigenvalue weighted by molar-refractivity contribution is -0.137. The van der Waals surface area contributed by atoms with Crippen molar-refractivity contribution in [3.8, 4) is 22.3 Å². The highest BCUT2D eigenvalue weighted by atomic mass is 19.4. The third-order valence-electron chi connectivity index (χ3n) is 3.43. The summed E-state index contributed by atoms with van der Waals surface area (Å²) in [5, 5.41) is 0. The molecular formula is C15H11F3. The van der Waals surface area contributed by atoms with Gasteiger partial charge in [-0.25, -0.2) is 0 Å². The van der Waals surface area contributed by atoms with E-state index >= 15 is 0 Å². The van der Waals surface area contributed by atoms with Crippen molar-refractivity contribution in [2.24, 2.45) is 0 Å². The van der Waals surface area contributed by atoms with Crippen LogP contribution in [0.3, 0.4) is 0 Å². The molecule has 0 nitrogen and oxygen atoms in total. The molecule has 0 N–H and O–H groups in total. The molecule has 0 fully saturated rings. The molecule has 2 aromatic rings. The van der Waals surface area contributed by atoms with E-state index in [0.29, 0.717) is 16.7 Å². The second-order valence-electron chi connectivity index (χ2n) is 4.73. The van der Waals surface area contributed by atoms with Crippen molar-refractivity contribution >= 4 is 0 Å². The highest BCUT2D eigenvalue weighted by molar-refractivity contribution is 6.04. The van der Waals surface area contributed by atoms with Crippen molar-refractivity contribution in [3.05, 3.63) is 47.0 Å². The third-order valence-corrected chi connectivity index (χ3v) is 3.43. The fourth-order valence-electron chi connectivity index (χ4n) is 2.61. The lowest BCUT2D eigenvalue weighted by atomic mass is 9.76. The molecule has 18 heavy (non-hydrogen) atoms. The van der Waals surface area contributed by atoms with Crippen LogP contribution in [0.5, 0.6) is 0 Å². The summed E-state index contributed by atoms with van der Waals surface area (Å²) < 4.78 is 39.3. The molecular weight excluding hydrogens is 237 g/mol. The molecule has 0 atom stereocenters. The summed E-state index contributed by atoms with van der Waals surface area (Å²) >= 11 is 0. The lowest BCUT2D eigenvalue weighted by Gasteiger charge is -2.29. The molecule has 0 heterocycles. The topological polar surface area (TPSA) is 0 Å². The van der Waals surface area contributed by atoms with Gasteiger partial charge in [0.15, 0.2) is 0 Å². The van der Waals surface area contributed by atoms with E-state index in [1.807, 2.05) is 19.1 Å². The molecule has 0 unspecified atom stereocenters. The molecule has 1 aliphatic rings. The molecule has 0 amide bonds. The fraction of sp³-hybridized carbons (Fsp3) is 0.200. The average molecular weight is 248 g/mol. The van der Waals surface area contributed by atoms with Crippen molar-refractivity contribution in [1.29, 1.82) is 0 Å². The van der Waals surface area contributed by atoms with Gasteiger partial charge in [0.25, 0.3) is 0 Å². The minimum atomic E-state index is -4.29. The molecule has 0 radical (unpaired) electrons. The van der Waals surface area contributed by atoms with Gasteiger partial charge in [-0.15, -0.1) is 0 Å². The molecule has 3 heteroatoms. The Hall–Kier alpha value is -1.77. The van der Waals surface area contributed by atoms with Crippen molar-refractivity contribution in [3.63, 3.8) is 0 Å². The molecule has 0 saturated heterocycles. The molecule has 2 aromatic carbocycles. The zero-order chi connectivity index (χ0) is 13.1. The van der Waals surface area contributed by atoms with E-state index in [1.54, 1.807) is 18.2 Å². The zero-order valence-electron chi connectivity index (χ0n) is 10.0. The van der Waals surface area contributed by atoms with Gasteiger partial charge in [0.2, 0.25) is 0 Å². The summed E-state index contributed by atoms with van der Waals surface area (Å²) in [6.07, 6.45) is -4.29. The fourth-order valence-corrected chi connectivity index (χ4v) is 2.61. The number of benzene rings is 2. The maximum absolute atomic E-state index is 13.1. The van der Waals surface area contributed by atoms with Crippen LogP contribution in [0.2, 0.25) is 0 Å². The van der Waals surface area contributed by atoms with Gasteiger partial charge in [-0.2, -0.15) is 13.2 Å². The SMILES string of the molecule is Cc1ccc2c(c1)-c1ccc(C)c(C(F)(F)F)c1-2. The van der Waals surface area contributed by atoms with Crippen molar-refractivity contribution < 1.29 is 13.2 Å². The Bertz CT molecular complexity index is 652. The molecule has 0 saturated carbocycles. The third kappa shape index (κ3) is 1.40. The predicted molar refractivity (Wildman–Crippen MR) is 65.3 cm³/mol. The minimum Gasteiger partial charge on any atom is -0.166 e. The van der Waals surface area contributed by atoms with E-state index in [4.69, 9.17) is 0 Å². The Labute approximate surface area is 103 Å². The molecule has 0 spiro atoms. The van der Waals surface area contributed by atoms with E-state index < -0.39 is 11.7 Å². The Balaban J connectivity index is 2.29. The Morgan fingerprint density at radius 2 is 1.50 bits per heavy atom. The number of hydrogen-bond donors (Lipinski definition) is 0. The quantitative estimate of drug-likeness (QED) is 0.527. The van der Waals surface area contributed by atoms with Crippen molar-refractivity contribution in [2.75, 3.05) is 0 Å². The van der Waals surface area contributed by atoms with E-state index in [0.717, 1.165) is 11.1 Å². The van der Waals surface area contributed by atoms with Crippen LogP contribution >= 0.6 is 0 Å². The van der Waals surface area contributed by atoms with Crippen LogP contribution in [-0.2, 0) is 6.18 Å². The van der Waals surface area contributed by atoms with E-state index in [1.165, 1.54) is 6.92 Å². The van der Waals surface area contributed by atoms with Crippen LogP contribution in [0, 0.1) is 13.8 Å². The number of hydrogen-bond acceptors (Lipinski definition) is 0. The number of halogens is 3. The molecule has 1 aliphatic carbocycles. The summed E-state index contributed by atoms with van der Waals surface area (Å²) in [6.45, 7) is 3.45. The van der Waals surface area contributed by atoms with Crippen LogP contribution in [-0.4, -0.2) is 0 Å². The summed E-state index contributed by atoms with van der Waals surface area (Å²) in [7, 11) is 0. The highest BCUT2D eigenvalue weighted by Gasteiger charge is 2.40. The Morgan fingerprint density at radius 1 is 0.833 bits per heavy atom. The summed E-state index contributed by atoms with van der Waals surface area (Å²) in [4.78, 5) is 0. The number of aryl methyl sites for hydroxylation is 2. The van der Waals surface area contributed by atoms with Gasteiger partial charge in [0.05, 0.1) is 5.56 Å². The van der Waals surface area contributed by atoms with Gasteiger partial charge in [-0.3, -0.25) is 0 Å². The van der Waals surface area contributed by atoms with E-state index in [-0.39, 0.29) is 5.56 Å².